The Balaban J connectivity index is 2.20. The molecule has 1 heterocycles. The summed E-state index contributed by atoms with van der Waals surface area (Å²) in [6, 6.07) is 0. The van der Waals surface area contributed by atoms with Crippen molar-refractivity contribution in [3.05, 3.63) is 42.5 Å². The van der Waals surface area contributed by atoms with Gasteiger partial charge in [-0.2, -0.15) is 0 Å². The van der Waals surface area contributed by atoms with Gasteiger partial charge in [-0.3, -0.25) is 9.36 Å². The summed E-state index contributed by atoms with van der Waals surface area (Å²) in [7, 11) is 0. The van der Waals surface area contributed by atoms with E-state index in [-0.39, 0.29) is 5.78 Å². The molecule has 1 saturated carbocycles. The largest absolute Gasteiger partial charge is 0.297 e. The Bertz CT molecular complexity index is 505. The average molecular weight is 242 g/mol. The molecule has 0 bridgehead atoms. The standard InChI is InChI=1S/C15H18N2O/c1-3-10-17-13(11-16-15(17)4-2)14(18)9-8-12-6-5-7-12/h3-4,8-12H,2,5-7H2,1H3/b9-8+,10-3-. The topological polar surface area (TPSA) is 34.9 Å². The van der Waals surface area contributed by atoms with Gasteiger partial charge in [0.25, 0.3) is 0 Å². The number of carbonyl (C=O) groups excluding carboxylic acids is 1. The molecule has 0 aliphatic heterocycles. The van der Waals surface area contributed by atoms with E-state index in [2.05, 4.69) is 11.6 Å². The second-order valence-electron chi connectivity index (χ2n) is 4.47. The third kappa shape index (κ3) is 2.50. The van der Waals surface area contributed by atoms with Crippen molar-refractivity contribution < 1.29 is 4.79 Å². The van der Waals surface area contributed by atoms with Crippen molar-refractivity contribution in [1.29, 1.82) is 0 Å². The van der Waals surface area contributed by atoms with Crippen molar-refractivity contribution in [2.45, 2.75) is 26.2 Å². The minimum Gasteiger partial charge on any atom is -0.297 e. The van der Waals surface area contributed by atoms with Gasteiger partial charge in [-0.15, -0.1) is 0 Å². The molecule has 0 N–H and O–H groups in total. The molecule has 0 amide bonds. The van der Waals surface area contributed by atoms with Crippen molar-refractivity contribution >= 4 is 18.1 Å². The molecule has 18 heavy (non-hydrogen) atoms. The van der Waals surface area contributed by atoms with Gasteiger partial charge in [0, 0.05) is 6.20 Å². The van der Waals surface area contributed by atoms with Crippen LogP contribution < -0.4 is 0 Å². The zero-order valence-electron chi connectivity index (χ0n) is 10.7. The van der Waals surface area contributed by atoms with Crippen molar-refractivity contribution in [3.8, 4) is 0 Å². The molecule has 1 fully saturated rings. The molecule has 0 unspecified atom stereocenters. The Labute approximate surface area is 108 Å². The summed E-state index contributed by atoms with van der Waals surface area (Å²) in [5, 5.41) is 0. The SMILES string of the molecule is C=Cc1ncc(C(=O)/C=C/C2CCC2)n1/C=C\C. The van der Waals surface area contributed by atoms with E-state index in [1.807, 2.05) is 25.3 Å². The molecule has 3 nitrogen and oxygen atoms in total. The highest BCUT2D eigenvalue weighted by Gasteiger charge is 2.15. The second kappa shape index (κ2) is 5.63. The van der Waals surface area contributed by atoms with Gasteiger partial charge in [0.2, 0.25) is 5.78 Å². The van der Waals surface area contributed by atoms with Gasteiger partial charge in [0.15, 0.2) is 0 Å². The van der Waals surface area contributed by atoms with Crippen LogP contribution in [0, 0.1) is 5.92 Å². The van der Waals surface area contributed by atoms with E-state index < -0.39 is 0 Å². The molecule has 0 spiro atoms. The van der Waals surface area contributed by atoms with Crippen LogP contribution in [0.1, 0.15) is 42.5 Å². The first-order chi connectivity index (χ1) is 8.76. The van der Waals surface area contributed by atoms with E-state index in [0.29, 0.717) is 17.4 Å². The van der Waals surface area contributed by atoms with Gasteiger partial charge in [-0.1, -0.05) is 25.2 Å². The summed E-state index contributed by atoms with van der Waals surface area (Å²) in [6.45, 7) is 5.60. The zero-order valence-corrected chi connectivity index (χ0v) is 10.7. The van der Waals surface area contributed by atoms with Crippen LogP contribution in [-0.2, 0) is 0 Å². The van der Waals surface area contributed by atoms with Crippen LogP contribution in [0.2, 0.25) is 0 Å². The van der Waals surface area contributed by atoms with Gasteiger partial charge >= 0.3 is 0 Å². The van der Waals surface area contributed by atoms with E-state index in [1.165, 1.54) is 19.3 Å². The van der Waals surface area contributed by atoms with Crippen LogP contribution in [0.3, 0.4) is 0 Å². The fourth-order valence-corrected chi connectivity index (χ4v) is 1.96. The molecule has 0 saturated heterocycles. The zero-order chi connectivity index (χ0) is 13.0. The third-order valence-corrected chi connectivity index (χ3v) is 3.23. The summed E-state index contributed by atoms with van der Waals surface area (Å²) in [5.41, 5.74) is 0.582. The Hall–Kier alpha value is -1.90. The Kier molecular flexibility index (Phi) is 3.92. The van der Waals surface area contributed by atoms with Crippen LogP contribution in [-0.4, -0.2) is 15.3 Å². The van der Waals surface area contributed by atoms with Crippen LogP contribution in [0.25, 0.3) is 12.3 Å². The maximum absolute atomic E-state index is 12.1. The van der Waals surface area contributed by atoms with Crippen molar-refractivity contribution in [3.63, 3.8) is 0 Å². The van der Waals surface area contributed by atoms with Crippen molar-refractivity contribution in [2.24, 2.45) is 5.92 Å². The lowest BCUT2D eigenvalue weighted by atomic mass is 9.85. The number of carbonyl (C=O) groups is 1. The maximum atomic E-state index is 12.1. The van der Waals surface area contributed by atoms with Gasteiger partial charge in [-0.05, 0) is 37.8 Å². The number of rotatable bonds is 5. The number of ketones is 1. The smallest absolute Gasteiger partial charge is 0.203 e. The fraction of sp³-hybridized carbons (Fsp3) is 0.333. The minimum atomic E-state index is 0.000556. The summed E-state index contributed by atoms with van der Waals surface area (Å²) in [4.78, 5) is 16.3. The molecule has 0 radical (unpaired) electrons. The lowest BCUT2D eigenvalue weighted by Crippen LogP contribution is -2.09. The van der Waals surface area contributed by atoms with Crippen molar-refractivity contribution in [1.82, 2.24) is 9.55 Å². The molecule has 0 atom stereocenters. The van der Waals surface area contributed by atoms with E-state index >= 15 is 0 Å². The normalized spacial score (nSPS) is 16.3. The number of nitrogens with zero attached hydrogens (tertiary/aromatic N) is 2. The number of aromatic nitrogens is 2. The van der Waals surface area contributed by atoms with Gasteiger partial charge in [0.1, 0.15) is 11.5 Å². The molecular weight excluding hydrogens is 224 g/mol. The minimum absolute atomic E-state index is 0.000556. The number of hydrogen-bond acceptors (Lipinski definition) is 2. The predicted molar refractivity (Wildman–Crippen MR) is 74.1 cm³/mol. The summed E-state index contributed by atoms with van der Waals surface area (Å²) in [5.74, 6) is 1.28. The van der Waals surface area contributed by atoms with Crippen LogP contribution in [0.15, 0.2) is 31.0 Å². The second-order valence-corrected chi connectivity index (χ2v) is 4.47. The Morgan fingerprint density at radius 3 is 2.89 bits per heavy atom. The highest BCUT2D eigenvalue weighted by Crippen LogP contribution is 2.27. The maximum Gasteiger partial charge on any atom is 0.203 e. The summed E-state index contributed by atoms with van der Waals surface area (Å²) < 4.78 is 1.76. The first-order valence-corrected chi connectivity index (χ1v) is 6.31. The van der Waals surface area contributed by atoms with Gasteiger partial charge < -0.3 is 0 Å². The quantitative estimate of drug-likeness (QED) is 0.584. The van der Waals surface area contributed by atoms with E-state index in [4.69, 9.17) is 0 Å². The number of hydrogen-bond donors (Lipinski definition) is 0. The monoisotopic (exact) mass is 242 g/mol. The first kappa shape index (κ1) is 12.6. The Morgan fingerprint density at radius 2 is 2.33 bits per heavy atom. The van der Waals surface area contributed by atoms with Crippen molar-refractivity contribution in [2.75, 3.05) is 0 Å². The molecule has 1 aromatic heterocycles. The number of allylic oxidation sites excluding steroid dienone is 3. The highest BCUT2D eigenvalue weighted by molar-refractivity contribution is 6.03. The molecule has 2 rings (SSSR count). The highest BCUT2D eigenvalue weighted by atomic mass is 16.1. The van der Waals surface area contributed by atoms with Crippen LogP contribution in [0.4, 0.5) is 0 Å². The van der Waals surface area contributed by atoms with Gasteiger partial charge in [0.05, 0.1) is 6.20 Å². The van der Waals surface area contributed by atoms with Crippen LogP contribution in [0.5, 0.6) is 0 Å². The van der Waals surface area contributed by atoms with Crippen LogP contribution >= 0.6 is 0 Å². The molecule has 1 aliphatic carbocycles. The number of imidazole rings is 1. The van der Waals surface area contributed by atoms with E-state index in [0.717, 1.165) is 0 Å². The predicted octanol–water partition coefficient (Wildman–Crippen LogP) is 3.56. The van der Waals surface area contributed by atoms with E-state index in [1.54, 1.807) is 22.9 Å². The molecule has 1 aromatic rings. The van der Waals surface area contributed by atoms with Gasteiger partial charge in [-0.25, -0.2) is 4.98 Å². The summed E-state index contributed by atoms with van der Waals surface area (Å²) >= 11 is 0. The molecular formula is C15H18N2O. The molecule has 94 valence electrons. The van der Waals surface area contributed by atoms with E-state index in [9.17, 15) is 4.79 Å². The lowest BCUT2D eigenvalue weighted by Gasteiger charge is -2.20. The third-order valence-electron chi connectivity index (χ3n) is 3.23. The lowest BCUT2D eigenvalue weighted by molar-refractivity contribution is 0.104. The summed E-state index contributed by atoms with van der Waals surface area (Å²) in [6.07, 6.45) is 14.3. The first-order valence-electron chi connectivity index (χ1n) is 6.31. The fourth-order valence-electron chi connectivity index (χ4n) is 1.96. The molecule has 1 aliphatic rings. The molecule has 0 aromatic carbocycles. The molecule has 3 heteroatoms. The Morgan fingerprint density at radius 1 is 1.56 bits per heavy atom. The average Bonchev–Trinajstić information content (AvgIpc) is 2.70.